The van der Waals surface area contributed by atoms with Gasteiger partial charge in [-0.1, -0.05) is 36.4 Å². The summed E-state index contributed by atoms with van der Waals surface area (Å²) in [6, 6.07) is 17.1. The number of hydrogen-bond donors (Lipinski definition) is 0. The third kappa shape index (κ3) is 5.23. The molecule has 0 bridgehead atoms. The van der Waals surface area contributed by atoms with Crippen molar-refractivity contribution >= 4 is 17.2 Å². The van der Waals surface area contributed by atoms with E-state index in [2.05, 4.69) is 4.98 Å². The van der Waals surface area contributed by atoms with E-state index in [1.807, 2.05) is 30.3 Å². The van der Waals surface area contributed by atoms with Crippen molar-refractivity contribution < 1.29 is 22.7 Å². The fraction of sp³-hybridized carbons (Fsp3) is 0.120. The van der Waals surface area contributed by atoms with Gasteiger partial charge in [0.15, 0.2) is 0 Å². The number of carbonyl (C=O) groups is 1. The lowest BCUT2D eigenvalue weighted by Gasteiger charge is -2.15. The second-order valence-corrected chi connectivity index (χ2v) is 8.17. The van der Waals surface area contributed by atoms with E-state index in [4.69, 9.17) is 4.74 Å². The largest absolute Gasteiger partial charge is 0.489 e. The standard InChI is InChI=1S/C25H19F3N2O2S/c1-30(13-16-6-3-2-4-7-16)25(31)23-15-33-24(29-23)18-11-10-17(12-22(18)28)32-14-19-20(26)8-5-9-21(19)27/h2-12,15H,13-14H2,1H3. The van der Waals surface area contributed by atoms with Crippen molar-refractivity contribution in [3.63, 3.8) is 0 Å². The van der Waals surface area contributed by atoms with Crippen molar-refractivity contribution in [3.05, 3.63) is 106 Å². The van der Waals surface area contributed by atoms with Crippen LogP contribution in [0.5, 0.6) is 5.75 Å². The number of halogens is 3. The summed E-state index contributed by atoms with van der Waals surface area (Å²) < 4.78 is 47.5. The number of nitrogens with zero attached hydrogens (tertiary/aromatic N) is 2. The summed E-state index contributed by atoms with van der Waals surface area (Å²) in [6.45, 7) is 0.0521. The number of carbonyl (C=O) groups excluding carboxylic acids is 1. The number of rotatable bonds is 7. The van der Waals surface area contributed by atoms with E-state index in [0.29, 0.717) is 11.6 Å². The maximum Gasteiger partial charge on any atom is 0.273 e. The van der Waals surface area contributed by atoms with Crippen molar-refractivity contribution in [2.24, 2.45) is 0 Å². The van der Waals surface area contributed by atoms with Gasteiger partial charge in [-0.25, -0.2) is 18.2 Å². The Labute approximate surface area is 192 Å². The van der Waals surface area contributed by atoms with E-state index in [9.17, 15) is 18.0 Å². The fourth-order valence-electron chi connectivity index (χ4n) is 3.21. The molecule has 0 aliphatic carbocycles. The molecular formula is C25H19F3N2O2S. The summed E-state index contributed by atoms with van der Waals surface area (Å²) in [6.07, 6.45) is 0. The van der Waals surface area contributed by atoms with Crippen LogP contribution in [-0.4, -0.2) is 22.8 Å². The Morgan fingerprint density at radius 3 is 2.39 bits per heavy atom. The number of thiazole rings is 1. The SMILES string of the molecule is CN(Cc1ccccc1)C(=O)c1csc(-c2ccc(OCc3c(F)cccc3F)cc2F)n1. The monoisotopic (exact) mass is 468 g/mol. The zero-order valence-corrected chi connectivity index (χ0v) is 18.4. The lowest BCUT2D eigenvalue weighted by molar-refractivity contribution is 0.0780. The minimum absolute atomic E-state index is 0.120. The molecule has 0 aliphatic rings. The van der Waals surface area contributed by atoms with Crippen LogP contribution >= 0.6 is 11.3 Å². The molecule has 0 aliphatic heterocycles. The number of benzene rings is 3. The Bertz CT molecular complexity index is 1260. The third-order valence-electron chi connectivity index (χ3n) is 4.95. The Hall–Kier alpha value is -3.65. The fourth-order valence-corrected chi connectivity index (χ4v) is 4.03. The molecule has 4 rings (SSSR count). The Balaban J connectivity index is 1.45. The molecule has 8 heteroatoms. The molecule has 0 radical (unpaired) electrons. The number of amides is 1. The van der Waals surface area contributed by atoms with Crippen LogP contribution in [0.4, 0.5) is 13.2 Å². The van der Waals surface area contributed by atoms with Crippen LogP contribution in [0.2, 0.25) is 0 Å². The van der Waals surface area contributed by atoms with Crippen molar-refractivity contribution in [2.45, 2.75) is 13.2 Å². The molecule has 168 valence electrons. The third-order valence-corrected chi connectivity index (χ3v) is 5.82. The van der Waals surface area contributed by atoms with E-state index in [1.54, 1.807) is 17.3 Å². The summed E-state index contributed by atoms with van der Waals surface area (Å²) in [7, 11) is 1.68. The second-order valence-electron chi connectivity index (χ2n) is 7.32. The van der Waals surface area contributed by atoms with Gasteiger partial charge in [-0.2, -0.15) is 0 Å². The zero-order chi connectivity index (χ0) is 23.4. The molecule has 0 saturated carbocycles. The van der Waals surface area contributed by atoms with Crippen molar-refractivity contribution in [1.29, 1.82) is 0 Å². The first-order chi connectivity index (χ1) is 15.9. The van der Waals surface area contributed by atoms with Gasteiger partial charge in [-0.3, -0.25) is 4.79 Å². The topological polar surface area (TPSA) is 42.4 Å². The Kier molecular flexibility index (Phi) is 6.74. The number of hydrogen-bond acceptors (Lipinski definition) is 4. The van der Waals surface area contributed by atoms with Crippen LogP contribution in [-0.2, 0) is 13.2 Å². The molecule has 1 heterocycles. The summed E-state index contributed by atoms with van der Waals surface area (Å²) in [5.41, 5.74) is 1.18. The van der Waals surface area contributed by atoms with Gasteiger partial charge in [-0.05, 0) is 29.8 Å². The van der Waals surface area contributed by atoms with E-state index in [-0.39, 0.29) is 35.1 Å². The van der Waals surface area contributed by atoms with E-state index < -0.39 is 17.5 Å². The lowest BCUT2D eigenvalue weighted by Crippen LogP contribution is -2.26. The van der Waals surface area contributed by atoms with Gasteiger partial charge in [0.25, 0.3) is 5.91 Å². The maximum atomic E-state index is 14.7. The number of aromatic nitrogens is 1. The zero-order valence-electron chi connectivity index (χ0n) is 17.6. The summed E-state index contributed by atoms with van der Waals surface area (Å²) in [5, 5.41) is 1.93. The van der Waals surface area contributed by atoms with Crippen LogP contribution in [0, 0.1) is 17.5 Å². The average Bonchev–Trinajstić information content (AvgIpc) is 3.29. The van der Waals surface area contributed by atoms with Crippen molar-refractivity contribution in [2.75, 3.05) is 7.05 Å². The molecule has 0 N–H and O–H groups in total. The van der Waals surface area contributed by atoms with Crippen molar-refractivity contribution in [3.8, 4) is 16.3 Å². The highest BCUT2D eigenvalue weighted by Gasteiger charge is 2.18. The van der Waals surface area contributed by atoms with Crippen LogP contribution in [0.3, 0.4) is 0 Å². The summed E-state index contributed by atoms with van der Waals surface area (Å²) in [4.78, 5) is 18.5. The number of ether oxygens (including phenoxy) is 1. The van der Waals surface area contributed by atoms with Crippen LogP contribution < -0.4 is 4.74 Å². The molecule has 4 aromatic rings. The molecule has 0 saturated heterocycles. The molecule has 0 unspecified atom stereocenters. The normalized spacial score (nSPS) is 10.8. The molecule has 1 aromatic heterocycles. The highest BCUT2D eigenvalue weighted by Crippen LogP contribution is 2.30. The van der Waals surface area contributed by atoms with Gasteiger partial charge >= 0.3 is 0 Å². The highest BCUT2D eigenvalue weighted by atomic mass is 32.1. The lowest BCUT2D eigenvalue weighted by atomic mass is 10.2. The van der Waals surface area contributed by atoms with E-state index in [0.717, 1.165) is 35.1 Å². The Morgan fingerprint density at radius 2 is 1.70 bits per heavy atom. The van der Waals surface area contributed by atoms with Crippen LogP contribution in [0.1, 0.15) is 21.6 Å². The molecule has 0 atom stereocenters. The van der Waals surface area contributed by atoms with E-state index >= 15 is 0 Å². The summed E-state index contributed by atoms with van der Waals surface area (Å²) in [5.74, 6) is -2.23. The molecule has 4 nitrogen and oxygen atoms in total. The highest BCUT2D eigenvalue weighted by molar-refractivity contribution is 7.13. The van der Waals surface area contributed by atoms with Gasteiger partial charge in [0.2, 0.25) is 0 Å². The molecule has 33 heavy (non-hydrogen) atoms. The maximum absolute atomic E-state index is 14.7. The molecule has 0 fully saturated rings. The van der Waals surface area contributed by atoms with Gasteiger partial charge in [0, 0.05) is 30.6 Å². The van der Waals surface area contributed by atoms with Gasteiger partial charge < -0.3 is 9.64 Å². The first-order valence-electron chi connectivity index (χ1n) is 10.0. The smallest absolute Gasteiger partial charge is 0.273 e. The van der Waals surface area contributed by atoms with E-state index in [1.165, 1.54) is 18.2 Å². The van der Waals surface area contributed by atoms with Gasteiger partial charge in [0.1, 0.15) is 40.5 Å². The Morgan fingerprint density at radius 1 is 0.970 bits per heavy atom. The quantitative estimate of drug-likeness (QED) is 0.330. The average molecular weight is 469 g/mol. The predicted octanol–water partition coefficient (Wildman–Crippen LogP) is 6.08. The van der Waals surface area contributed by atoms with Crippen molar-refractivity contribution in [1.82, 2.24) is 9.88 Å². The molecular weight excluding hydrogens is 449 g/mol. The first-order valence-corrected chi connectivity index (χ1v) is 10.9. The minimum atomic E-state index is -0.732. The minimum Gasteiger partial charge on any atom is -0.489 e. The van der Waals surface area contributed by atoms with Gasteiger partial charge in [0.05, 0.1) is 5.56 Å². The first kappa shape index (κ1) is 22.5. The predicted molar refractivity (Wildman–Crippen MR) is 120 cm³/mol. The molecule has 3 aromatic carbocycles. The van der Waals surface area contributed by atoms with Gasteiger partial charge in [-0.15, -0.1) is 11.3 Å². The summed E-state index contributed by atoms with van der Waals surface area (Å²) >= 11 is 1.15. The second kappa shape index (κ2) is 9.87. The van der Waals surface area contributed by atoms with Crippen LogP contribution in [0.15, 0.2) is 72.1 Å². The molecule has 0 spiro atoms. The molecule has 1 amide bonds. The van der Waals surface area contributed by atoms with Crippen LogP contribution in [0.25, 0.3) is 10.6 Å².